The van der Waals surface area contributed by atoms with Gasteiger partial charge in [0.25, 0.3) is 0 Å². The number of thiophene rings is 2. The van der Waals surface area contributed by atoms with Gasteiger partial charge in [0.05, 0.1) is 4.83 Å². The standard InChI is InChI=1S/C13H15BrS2/c1-3-9-7-8-15-13(9)12(14)11-6-5-10(4-2)16-11/h5-8,12H,3-4H2,1-2H3. The Bertz CT molecular complexity index is 456. The molecule has 2 aromatic heterocycles. The second-order valence-electron chi connectivity index (χ2n) is 3.68. The maximum atomic E-state index is 3.83. The minimum absolute atomic E-state index is 0.382. The van der Waals surface area contributed by atoms with Crippen molar-refractivity contribution in [3.63, 3.8) is 0 Å². The van der Waals surface area contributed by atoms with E-state index < -0.39 is 0 Å². The van der Waals surface area contributed by atoms with Gasteiger partial charge in [-0.1, -0.05) is 29.8 Å². The molecule has 2 heterocycles. The molecule has 0 fully saturated rings. The molecule has 86 valence electrons. The van der Waals surface area contributed by atoms with Gasteiger partial charge in [-0.2, -0.15) is 0 Å². The van der Waals surface area contributed by atoms with E-state index >= 15 is 0 Å². The van der Waals surface area contributed by atoms with Gasteiger partial charge in [0.2, 0.25) is 0 Å². The summed E-state index contributed by atoms with van der Waals surface area (Å²) in [6, 6.07) is 6.73. The van der Waals surface area contributed by atoms with Crippen molar-refractivity contribution in [2.45, 2.75) is 31.5 Å². The Hall–Kier alpha value is -0.120. The van der Waals surface area contributed by atoms with Gasteiger partial charge in [-0.05, 0) is 42.0 Å². The summed E-state index contributed by atoms with van der Waals surface area (Å²) < 4.78 is 0. The van der Waals surface area contributed by atoms with Crippen LogP contribution in [0.4, 0.5) is 0 Å². The quantitative estimate of drug-likeness (QED) is 0.661. The molecule has 0 aliphatic carbocycles. The summed E-state index contributed by atoms with van der Waals surface area (Å²) in [5, 5.41) is 2.19. The van der Waals surface area contributed by atoms with Crippen LogP contribution in [-0.4, -0.2) is 0 Å². The summed E-state index contributed by atoms with van der Waals surface area (Å²) in [6.07, 6.45) is 2.25. The van der Waals surface area contributed by atoms with Gasteiger partial charge >= 0.3 is 0 Å². The van der Waals surface area contributed by atoms with Gasteiger partial charge in [-0.15, -0.1) is 22.7 Å². The fourth-order valence-electron chi connectivity index (χ4n) is 1.71. The fourth-order valence-corrected chi connectivity index (χ4v) is 4.77. The third kappa shape index (κ3) is 2.41. The first-order chi connectivity index (χ1) is 7.76. The van der Waals surface area contributed by atoms with Gasteiger partial charge in [-0.25, -0.2) is 0 Å². The number of rotatable bonds is 4. The molecule has 16 heavy (non-hydrogen) atoms. The predicted octanol–water partition coefficient (Wildman–Crippen LogP) is 5.42. The van der Waals surface area contributed by atoms with Crippen molar-refractivity contribution in [1.29, 1.82) is 0 Å². The van der Waals surface area contributed by atoms with Crippen LogP contribution < -0.4 is 0 Å². The van der Waals surface area contributed by atoms with Crippen LogP contribution >= 0.6 is 38.6 Å². The fraction of sp³-hybridized carbons (Fsp3) is 0.385. The van der Waals surface area contributed by atoms with Gasteiger partial charge < -0.3 is 0 Å². The lowest BCUT2D eigenvalue weighted by Gasteiger charge is -2.07. The molecule has 0 radical (unpaired) electrons. The van der Waals surface area contributed by atoms with E-state index in [-0.39, 0.29) is 0 Å². The molecule has 0 saturated heterocycles. The highest BCUT2D eigenvalue weighted by atomic mass is 79.9. The van der Waals surface area contributed by atoms with Crippen LogP contribution in [0.2, 0.25) is 0 Å². The maximum absolute atomic E-state index is 3.83. The van der Waals surface area contributed by atoms with E-state index in [1.54, 1.807) is 0 Å². The highest BCUT2D eigenvalue weighted by molar-refractivity contribution is 9.09. The molecule has 0 nitrogen and oxygen atoms in total. The first-order valence-electron chi connectivity index (χ1n) is 5.55. The van der Waals surface area contributed by atoms with Crippen LogP contribution in [0.15, 0.2) is 23.6 Å². The van der Waals surface area contributed by atoms with Crippen molar-refractivity contribution < 1.29 is 0 Å². The molecule has 2 aromatic rings. The van der Waals surface area contributed by atoms with Gasteiger partial charge in [0, 0.05) is 14.6 Å². The van der Waals surface area contributed by atoms with Crippen molar-refractivity contribution in [3.8, 4) is 0 Å². The van der Waals surface area contributed by atoms with Crippen LogP contribution in [0.3, 0.4) is 0 Å². The van der Waals surface area contributed by atoms with E-state index in [2.05, 4.69) is 53.4 Å². The first kappa shape index (κ1) is 12.3. The first-order valence-corrected chi connectivity index (χ1v) is 8.16. The number of aryl methyl sites for hydroxylation is 2. The smallest absolute Gasteiger partial charge is 0.0833 e. The molecule has 0 aromatic carbocycles. The Labute approximate surface area is 113 Å². The molecule has 3 heteroatoms. The number of hydrogen-bond acceptors (Lipinski definition) is 2. The van der Waals surface area contributed by atoms with E-state index in [0.717, 1.165) is 12.8 Å². The van der Waals surface area contributed by atoms with Crippen molar-refractivity contribution in [1.82, 2.24) is 0 Å². The van der Waals surface area contributed by atoms with Crippen molar-refractivity contribution in [2.24, 2.45) is 0 Å². The summed E-state index contributed by atoms with van der Waals surface area (Å²) >= 11 is 7.60. The summed E-state index contributed by atoms with van der Waals surface area (Å²) in [6.45, 7) is 4.43. The van der Waals surface area contributed by atoms with E-state index in [1.165, 1.54) is 20.2 Å². The van der Waals surface area contributed by atoms with E-state index in [4.69, 9.17) is 0 Å². The lowest BCUT2D eigenvalue weighted by atomic mass is 10.1. The molecule has 0 N–H and O–H groups in total. The summed E-state index contributed by atoms with van der Waals surface area (Å²) in [5.74, 6) is 0. The SMILES string of the molecule is CCc1ccc(C(Br)c2sccc2CC)s1. The van der Waals surface area contributed by atoms with Gasteiger partial charge in [-0.3, -0.25) is 0 Å². The molecule has 0 bridgehead atoms. The minimum Gasteiger partial charge on any atom is -0.147 e. The molecule has 1 unspecified atom stereocenters. The third-order valence-electron chi connectivity index (χ3n) is 2.67. The zero-order chi connectivity index (χ0) is 11.5. The van der Waals surface area contributed by atoms with Crippen molar-refractivity contribution in [3.05, 3.63) is 43.8 Å². The highest BCUT2D eigenvalue weighted by Crippen LogP contribution is 2.39. The van der Waals surface area contributed by atoms with Gasteiger partial charge in [0.1, 0.15) is 0 Å². The lowest BCUT2D eigenvalue weighted by molar-refractivity contribution is 1.10. The summed E-state index contributed by atoms with van der Waals surface area (Å²) in [7, 11) is 0. The third-order valence-corrected chi connectivity index (χ3v) is 6.55. The zero-order valence-corrected chi connectivity index (χ0v) is 12.7. The molecule has 1 atom stereocenters. The molecular formula is C13H15BrS2. The second-order valence-corrected chi connectivity index (χ2v) is 6.75. The monoisotopic (exact) mass is 314 g/mol. The van der Waals surface area contributed by atoms with Crippen LogP contribution in [0.5, 0.6) is 0 Å². The van der Waals surface area contributed by atoms with Crippen LogP contribution in [-0.2, 0) is 12.8 Å². The zero-order valence-electron chi connectivity index (χ0n) is 9.50. The Kier molecular flexibility index (Phi) is 4.22. The predicted molar refractivity (Wildman–Crippen MR) is 78.2 cm³/mol. The second kappa shape index (κ2) is 5.48. The van der Waals surface area contributed by atoms with Crippen molar-refractivity contribution >= 4 is 38.6 Å². The van der Waals surface area contributed by atoms with Crippen LogP contribution in [0, 0.1) is 0 Å². The molecule has 0 spiro atoms. The van der Waals surface area contributed by atoms with Crippen molar-refractivity contribution in [2.75, 3.05) is 0 Å². The molecule has 0 aliphatic heterocycles. The Morgan fingerprint density at radius 2 is 2.00 bits per heavy atom. The van der Waals surface area contributed by atoms with Gasteiger partial charge in [0.15, 0.2) is 0 Å². The molecule has 2 rings (SSSR count). The lowest BCUT2D eigenvalue weighted by Crippen LogP contribution is -1.90. The van der Waals surface area contributed by atoms with E-state index in [9.17, 15) is 0 Å². The van der Waals surface area contributed by atoms with Crippen LogP contribution in [0.25, 0.3) is 0 Å². The number of hydrogen-bond donors (Lipinski definition) is 0. The molecular weight excluding hydrogens is 300 g/mol. The normalized spacial score (nSPS) is 12.9. The Morgan fingerprint density at radius 1 is 1.19 bits per heavy atom. The highest BCUT2D eigenvalue weighted by Gasteiger charge is 2.16. The molecule has 0 amide bonds. The van der Waals surface area contributed by atoms with E-state index in [1.807, 2.05) is 22.7 Å². The largest absolute Gasteiger partial charge is 0.147 e. The van der Waals surface area contributed by atoms with E-state index in [0.29, 0.717) is 4.83 Å². The summed E-state index contributed by atoms with van der Waals surface area (Å²) in [5.41, 5.74) is 1.47. The number of alkyl halides is 1. The molecule has 0 aliphatic rings. The average Bonchev–Trinajstić information content (AvgIpc) is 2.96. The Morgan fingerprint density at radius 3 is 2.62 bits per heavy atom. The maximum Gasteiger partial charge on any atom is 0.0833 e. The molecule has 0 saturated carbocycles. The number of halogens is 1. The summed E-state index contributed by atoms with van der Waals surface area (Å²) in [4.78, 5) is 4.74. The topological polar surface area (TPSA) is 0 Å². The Balaban J connectivity index is 2.27. The minimum atomic E-state index is 0.382. The average molecular weight is 315 g/mol. The van der Waals surface area contributed by atoms with Crippen LogP contribution in [0.1, 0.15) is 38.9 Å².